The Morgan fingerprint density at radius 1 is 1.38 bits per heavy atom. The van der Waals surface area contributed by atoms with Gasteiger partial charge in [0.2, 0.25) is 0 Å². The summed E-state index contributed by atoms with van der Waals surface area (Å²) < 4.78 is 1.84. The zero-order valence-electron chi connectivity index (χ0n) is 14.1. The summed E-state index contributed by atoms with van der Waals surface area (Å²) in [5, 5.41) is 19.6. The minimum Gasteiger partial charge on any atom is -0.476 e. The molecule has 0 bridgehead atoms. The van der Waals surface area contributed by atoms with Crippen molar-refractivity contribution < 1.29 is 14.7 Å². The molecule has 1 amide bonds. The van der Waals surface area contributed by atoms with Gasteiger partial charge in [-0.05, 0) is 25.0 Å². The summed E-state index contributed by atoms with van der Waals surface area (Å²) in [5.41, 5.74) is 1.07. The van der Waals surface area contributed by atoms with E-state index in [9.17, 15) is 9.59 Å². The van der Waals surface area contributed by atoms with Crippen LogP contribution in [-0.2, 0) is 6.42 Å². The normalized spacial score (nSPS) is 17.1. The fourth-order valence-corrected chi connectivity index (χ4v) is 4.27. The SMILES string of the molecule is CCc1nnc2c(C(=O)N3CCCC3c3nc(C(=O)O)cs3)cccn12. The maximum Gasteiger partial charge on any atom is 0.355 e. The van der Waals surface area contributed by atoms with E-state index >= 15 is 0 Å². The first-order chi connectivity index (χ1) is 12.6. The fourth-order valence-electron chi connectivity index (χ4n) is 3.33. The van der Waals surface area contributed by atoms with E-state index in [0.717, 1.165) is 25.1 Å². The molecule has 134 valence electrons. The fraction of sp³-hybridized carbons (Fsp3) is 0.353. The van der Waals surface area contributed by atoms with Crippen LogP contribution in [0, 0.1) is 0 Å². The topological polar surface area (TPSA) is 101 Å². The number of hydrogen-bond acceptors (Lipinski definition) is 6. The number of carboxylic acid groups (broad SMARTS) is 1. The van der Waals surface area contributed by atoms with Crippen molar-refractivity contribution in [2.24, 2.45) is 0 Å². The second-order valence-electron chi connectivity index (χ2n) is 6.12. The first-order valence-electron chi connectivity index (χ1n) is 8.42. The number of fused-ring (bicyclic) bond motifs is 1. The van der Waals surface area contributed by atoms with Crippen molar-refractivity contribution in [3.63, 3.8) is 0 Å². The van der Waals surface area contributed by atoms with E-state index in [2.05, 4.69) is 15.2 Å². The number of rotatable bonds is 4. The Hall–Kier alpha value is -2.81. The zero-order chi connectivity index (χ0) is 18.3. The van der Waals surface area contributed by atoms with Gasteiger partial charge in [0.1, 0.15) is 10.8 Å². The molecule has 26 heavy (non-hydrogen) atoms. The number of pyridine rings is 1. The molecule has 1 fully saturated rings. The lowest BCUT2D eigenvalue weighted by Crippen LogP contribution is -2.31. The molecule has 3 aromatic rings. The number of thiazole rings is 1. The Kier molecular flexibility index (Phi) is 4.15. The number of amides is 1. The van der Waals surface area contributed by atoms with Crippen LogP contribution >= 0.6 is 11.3 Å². The molecule has 0 radical (unpaired) electrons. The van der Waals surface area contributed by atoms with Crippen molar-refractivity contribution >= 4 is 28.9 Å². The minimum absolute atomic E-state index is 0.0245. The van der Waals surface area contributed by atoms with Gasteiger partial charge in [-0.15, -0.1) is 21.5 Å². The van der Waals surface area contributed by atoms with Gasteiger partial charge in [0, 0.05) is 24.5 Å². The third-order valence-corrected chi connectivity index (χ3v) is 5.54. The predicted octanol–water partition coefficient (Wildman–Crippen LogP) is 2.42. The zero-order valence-corrected chi connectivity index (χ0v) is 14.9. The number of aromatic carboxylic acids is 1. The lowest BCUT2D eigenvalue weighted by atomic mass is 10.2. The summed E-state index contributed by atoms with van der Waals surface area (Å²) in [5.74, 6) is -0.373. The summed E-state index contributed by atoms with van der Waals surface area (Å²) in [6, 6.07) is 3.38. The van der Waals surface area contributed by atoms with E-state index in [1.165, 1.54) is 16.7 Å². The second kappa shape index (κ2) is 6.49. The number of aromatic nitrogens is 4. The molecular formula is C17H17N5O3S. The van der Waals surface area contributed by atoms with Crippen LogP contribution in [0.2, 0.25) is 0 Å². The van der Waals surface area contributed by atoms with Crippen molar-refractivity contribution in [3.05, 3.63) is 45.8 Å². The quantitative estimate of drug-likeness (QED) is 0.756. The molecule has 1 unspecified atom stereocenters. The molecule has 3 aromatic heterocycles. The minimum atomic E-state index is -1.05. The molecule has 8 nitrogen and oxygen atoms in total. The lowest BCUT2D eigenvalue weighted by Gasteiger charge is -2.23. The molecule has 1 N–H and O–H groups in total. The van der Waals surface area contributed by atoms with Crippen LogP contribution in [0.15, 0.2) is 23.7 Å². The molecule has 1 aliphatic rings. The average molecular weight is 371 g/mol. The summed E-state index contributed by atoms with van der Waals surface area (Å²) >= 11 is 1.28. The Bertz CT molecular complexity index is 995. The number of carboxylic acids is 1. The molecular weight excluding hydrogens is 354 g/mol. The van der Waals surface area contributed by atoms with E-state index in [0.29, 0.717) is 22.8 Å². The van der Waals surface area contributed by atoms with Gasteiger partial charge in [0.25, 0.3) is 5.91 Å². The van der Waals surface area contributed by atoms with Gasteiger partial charge in [-0.25, -0.2) is 9.78 Å². The number of hydrogen-bond donors (Lipinski definition) is 1. The van der Waals surface area contributed by atoms with Gasteiger partial charge in [-0.3, -0.25) is 9.20 Å². The second-order valence-corrected chi connectivity index (χ2v) is 7.01. The van der Waals surface area contributed by atoms with Crippen molar-refractivity contribution in [1.29, 1.82) is 0 Å². The van der Waals surface area contributed by atoms with E-state index in [1.807, 2.05) is 23.6 Å². The lowest BCUT2D eigenvalue weighted by molar-refractivity contribution is 0.0691. The molecule has 1 saturated heterocycles. The average Bonchev–Trinajstić information content (AvgIpc) is 3.38. The predicted molar refractivity (Wildman–Crippen MR) is 94.4 cm³/mol. The third-order valence-electron chi connectivity index (χ3n) is 4.59. The van der Waals surface area contributed by atoms with Crippen LogP contribution in [0.25, 0.3) is 5.65 Å². The van der Waals surface area contributed by atoms with Crippen LogP contribution < -0.4 is 0 Å². The number of carbonyl (C=O) groups is 2. The number of carbonyl (C=O) groups excluding carboxylic acids is 1. The van der Waals surface area contributed by atoms with Gasteiger partial charge < -0.3 is 10.0 Å². The van der Waals surface area contributed by atoms with Crippen LogP contribution in [0.5, 0.6) is 0 Å². The Morgan fingerprint density at radius 3 is 2.96 bits per heavy atom. The molecule has 1 aliphatic heterocycles. The van der Waals surface area contributed by atoms with Gasteiger partial charge in [0.15, 0.2) is 11.3 Å². The molecule has 0 aliphatic carbocycles. The highest BCUT2D eigenvalue weighted by Gasteiger charge is 2.34. The highest BCUT2D eigenvalue weighted by Crippen LogP contribution is 2.35. The van der Waals surface area contributed by atoms with Crippen LogP contribution in [0.1, 0.15) is 57.5 Å². The summed E-state index contributed by atoms with van der Waals surface area (Å²) in [6.07, 6.45) is 4.21. The molecule has 0 aromatic carbocycles. The third kappa shape index (κ3) is 2.64. The van der Waals surface area contributed by atoms with Gasteiger partial charge in [-0.2, -0.15) is 0 Å². The highest BCUT2D eigenvalue weighted by molar-refractivity contribution is 7.09. The van der Waals surface area contributed by atoms with Gasteiger partial charge >= 0.3 is 5.97 Å². The maximum absolute atomic E-state index is 13.2. The maximum atomic E-state index is 13.2. The van der Waals surface area contributed by atoms with Gasteiger partial charge in [-0.1, -0.05) is 6.92 Å². The summed E-state index contributed by atoms with van der Waals surface area (Å²) in [4.78, 5) is 30.2. The van der Waals surface area contributed by atoms with Crippen molar-refractivity contribution in [2.45, 2.75) is 32.2 Å². The smallest absolute Gasteiger partial charge is 0.355 e. The van der Waals surface area contributed by atoms with Crippen LogP contribution in [0.4, 0.5) is 0 Å². The largest absolute Gasteiger partial charge is 0.476 e. The number of likely N-dealkylation sites (tertiary alicyclic amines) is 1. The highest BCUT2D eigenvalue weighted by atomic mass is 32.1. The van der Waals surface area contributed by atoms with Crippen molar-refractivity contribution in [1.82, 2.24) is 24.5 Å². The van der Waals surface area contributed by atoms with Gasteiger partial charge in [0.05, 0.1) is 11.6 Å². The molecule has 0 spiro atoms. The van der Waals surface area contributed by atoms with Crippen LogP contribution in [0.3, 0.4) is 0 Å². The first-order valence-corrected chi connectivity index (χ1v) is 9.30. The van der Waals surface area contributed by atoms with E-state index in [4.69, 9.17) is 5.11 Å². The molecule has 4 rings (SSSR count). The molecule has 0 saturated carbocycles. The first kappa shape index (κ1) is 16.6. The van der Waals surface area contributed by atoms with Crippen molar-refractivity contribution in [2.75, 3.05) is 6.54 Å². The Morgan fingerprint density at radius 2 is 2.23 bits per heavy atom. The standard InChI is InChI=1S/C17H17N5O3S/c1-2-13-19-20-14-10(5-3-8-22(13)14)16(23)21-7-4-6-12(21)15-18-11(9-26-15)17(24)25/h3,5,8-9,12H,2,4,6-7H2,1H3,(H,24,25). The van der Waals surface area contributed by atoms with E-state index < -0.39 is 5.97 Å². The number of nitrogens with zero attached hydrogens (tertiary/aromatic N) is 5. The van der Waals surface area contributed by atoms with Crippen LogP contribution in [-0.4, -0.2) is 48.0 Å². The Labute approximate surface area is 153 Å². The van der Waals surface area contributed by atoms with E-state index in [1.54, 1.807) is 11.0 Å². The van der Waals surface area contributed by atoms with Crippen molar-refractivity contribution in [3.8, 4) is 0 Å². The monoisotopic (exact) mass is 371 g/mol. The molecule has 1 atom stereocenters. The number of aryl methyl sites for hydroxylation is 1. The summed E-state index contributed by atoms with van der Waals surface area (Å²) in [6.45, 7) is 2.60. The molecule has 4 heterocycles. The Balaban J connectivity index is 1.69. The summed E-state index contributed by atoms with van der Waals surface area (Å²) in [7, 11) is 0. The van der Waals surface area contributed by atoms with E-state index in [-0.39, 0.29) is 17.6 Å². The molecule has 9 heteroatoms.